The van der Waals surface area contributed by atoms with E-state index in [0.717, 1.165) is 10.4 Å². The first-order chi connectivity index (χ1) is 19.5. The van der Waals surface area contributed by atoms with Gasteiger partial charge in [-0.2, -0.15) is 5.26 Å². The second kappa shape index (κ2) is 16.1. The molecule has 0 aliphatic heterocycles. The highest BCUT2D eigenvalue weighted by Gasteiger charge is 2.22. The Morgan fingerprint density at radius 1 is 1.00 bits per heavy atom. The summed E-state index contributed by atoms with van der Waals surface area (Å²) in [5, 5.41) is 14.0. The van der Waals surface area contributed by atoms with Crippen molar-refractivity contribution >= 4 is 29.0 Å². The summed E-state index contributed by atoms with van der Waals surface area (Å²) >= 11 is 1.58. The Labute approximate surface area is 239 Å². The summed E-state index contributed by atoms with van der Waals surface area (Å²) in [6.45, 7) is 4.14. The number of rotatable bonds is 15. The van der Waals surface area contributed by atoms with Crippen molar-refractivity contribution in [2.24, 2.45) is 0 Å². The minimum atomic E-state index is -0.407. The molecule has 3 rings (SSSR count). The lowest BCUT2D eigenvalue weighted by Gasteiger charge is -2.28. The van der Waals surface area contributed by atoms with Crippen LogP contribution in [0.25, 0.3) is 0 Å². The van der Waals surface area contributed by atoms with Gasteiger partial charge in [0.15, 0.2) is 11.5 Å². The third kappa shape index (κ3) is 9.29. The number of nitrogens with zero attached hydrogens (tertiary/aromatic N) is 3. The van der Waals surface area contributed by atoms with Gasteiger partial charge in [-0.25, -0.2) is 4.79 Å². The average Bonchev–Trinajstić information content (AvgIpc) is 3.49. The van der Waals surface area contributed by atoms with Crippen molar-refractivity contribution in [3.8, 4) is 17.6 Å². The molecule has 0 aliphatic carbocycles. The van der Waals surface area contributed by atoms with Crippen LogP contribution in [0.2, 0.25) is 0 Å². The summed E-state index contributed by atoms with van der Waals surface area (Å²) < 4.78 is 16.2. The van der Waals surface area contributed by atoms with Gasteiger partial charge in [0.2, 0.25) is 5.91 Å². The average molecular weight is 565 g/mol. The maximum Gasteiger partial charge on any atom is 0.322 e. The Balaban J connectivity index is 1.75. The van der Waals surface area contributed by atoms with Gasteiger partial charge in [0.05, 0.1) is 32.4 Å². The molecule has 0 unspecified atom stereocenters. The lowest BCUT2D eigenvalue weighted by atomic mass is 10.1. The number of benzene rings is 2. The first-order valence-electron chi connectivity index (χ1n) is 13.1. The van der Waals surface area contributed by atoms with Gasteiger partial charge in [-0.05, 0) is 67.1 Å². The number of carbonyl (C=O) groups excluding carboxylic acids is 2. The van der Waals surface area contributed by atoms with Crippen LogP contribution < -0.4 is 14.8 Å². The second-order valence-electron chi connectivity index (χ2n) is 8.93. The number of hydrogen-bond acceptors (Lipinski definition) is 7. The zero-order valence-corrected chi connectivity index (χ0v) is 24.0. The number of carbonyl (C=O) groups is 2. The Morgan fingerprint density at radius 2 is 1.82 bits per heavy atom. The van der Waals surface area contributed by atoms with E-state index in [4.69, 9.17) is 14.2 Å². The molecule has 0 bridgehead atoms. The number of hydrogen-bond donors (Lipinski definition) is 1. The highest BCUT2D eigenvalue weighted by Crippen LogP contribution is 2.28. The fraction of sp³-hybridized carbons (Fsp3) is 0.367. The highest BCUT2D eigenvalue weighted by molar-refractivity contribution is 7.09. The van der Waals surface area contributed by atoms with Crippen molar-refractivity contribution in [3.63, 3.8) is 0 Å². The fourth-order valence-electron chi connectivity index (χ4n) is 4.07. The maximum absolute atomic E-state index is 13.7. The van der Waals surface area contributed by atoms with Crippen LogP contribution in [0.15, 0.2) is 60.0 Å². The molecule has 40 heavy (non-hydrogen) atoms. The van der Waals surface area contributed by atoms with Crippen LogP contribution in [-0.2, 0) is 22.5 Å². The number of nitriles is 1. The summed E-state index contributed by atoms with van der Waals surface area (Å²) in [4.78, 5) is 31.3. The topological polar surface area (TPSA) is 104 Å². The van der Waals surface area contributed by atoms with Crippen LogP contribution in [0.5, 0.6) is 11.5 Å². The molecule has 9 nitrogen and oxygen atoms in total. The monoisotopic (exact) mass is 564 g/mol. The molecule has 0 radical (unpaired) electrons. The molecule has 1 aromatic heterocycles. The van der Waals surface area contributed by atoms with Crippen LogP contribution in [0, 0.1) is 11.3 Å². The first-order valence-corrected chi connectivity index (χ1v) is 14.0. The van der Waals surface area contributed by atoms with E-state index < -0.39 is 6.03 Å². The smallest absolute Gasteiger partial charge is 0.322 e. The minimum absolute atomic E-state index is 0.0901. The Bertz CT molecular complexity index is 1280. The minimum Gasteiger partial charge on any atom is -0.493 e. The van der Waals surface area contributed by atoms with E-state index in [2.05, 4.69) is 11.4 Å². The SMILES string of the molecule is CCOCCCN(CC(=O)N(CCc1ccc(OC)c(OC)c1)Cc1cccs1)C(=O)Nc1cccc(C#N)c1. The number of urea groups is 1. The standard InChI is InChI=1S/C30H36N4O5S/c1-4-39-16-7-14-34(30(36)32-25-9-5-8-24(18-25)20-31)22-29(35)33(21-26-10-6-17-40-26)15-13-23-11-12-27(37-2)28(19-23)38-3/h5-6,8-12,17-19H,4,7,13-16,21-22H2,1-3H3,(H,32,36). The summed E-state index contributed by atoms with van der Waals surface area (Å²) in [5.41, 5.74) is 1.94. The number of anilines is 1. The maximum atomic E-state index is 13.7. The van der Waals surface area contributed by atoms with Gasteiger partial charge in [0.1, 0.15) is 6.54 Å². The number of amides is 3. The molecule has 0 spiro atoms. The largest absolute Gasteiger partial charge is 0.493 e. The van der Waals surface area contributed by atoms with Crippen molar-refractivity contribution < 1.29 is 23.8 Å². The number of nitrogens with one attached hydrogen (secondary N) is 1. The van der Waals surface area contributed by atoms with Crippen LogP contribution in [0.3, 0.4) is 0 Å². The number of methoxy groups -OCH3 is 2. The third-order valence-electron chi connectivity index (χ3n) is 6.17. The van der Waals surface area contributed by atoms with Gasteiger partial charge in [-0.15, -0.1) is 11.3 Å². The van der Waals surface area contributed by atoms with E-state index in [9.17, 15) is 14.9 Å². The van der Waals surface area contributed by atoms with Crippen molar-refractivity contribution in [1.29, 1.82) is 5.26 Å². The van der Waals surface area contributed by atoms with Crippen LogP contribution in [0.1, 0.15) is 29.3 Å². The lowest BCUT2D eigenvalue weighted by molar-refractivity contribution is -0.132. The molecule has 2 aromatic carbocycles. The molecule has 1 heterocycles. The zero-order valence-electron chi connectivity index (χ0n) is 23.2. The van der Waals surface area contributed by atoms with Crippen molar-refractivity contribution in [3.05, 3.63) is 76.0 Å². The molecule has 3 amide bonds. The van der Waals surface area contributed by atoms with E-state index in [-0.39, 0.29) is 12.5 Å². The molecular formula is C30H36N4O5S. The first kappa shape index (κ1) is 30.5. The van der Waals surface area contributed by atoms with Crippen molar-refractivity contribution in [2.75, 3.05) is 52.4 Å². The Morgan fingerprint density at radius 3 is 2.52 bits per heavy atom. The third-order valence-corrected chi connectivity index (χ3v) is 7.04. The van der Waals surface area contributed by atoms with Gasteiger partial charge in [0, 0.05) is 36.9 Å². The fourth-order valence-corrected chi connectivity index (χ4v) is 4.79. The van der Waals surface area contributed by atoms with E-state index in [1.165, 1.54) is 4.90 Å². The van der Waals surface area contributed by atoms with Gasteiger partial charge >= 0.3 is 6.03 Å². The van der Waals surface area contributed by atoms with E-state index in [1.807, 2.05) is 42.6 Å². The number of thiophene rings is 1. The zero-order chi connectivity index (χ0) is 28.7. The summed E-state index contributed by atoms with van der Waals surface area (Å²) in [5.74, 6) is 1.12. The summed E-state index contributed by atoms with van der Waals surface area (Å²) in [7, 11) is 3.19. The molecule has 0 saturated carbocycles. The summed E-state index contributed by atoms with van der Waals surface area (Å²) in [6.07, 6.45) is 1.19. The van der Waals surface area contributed by atoms with Crippen LogP contribution in [0.4, 0.5) is 10.5 Å². The summed E-state index contributed by atoms with van der Waals surface area (Å²) in [6, 6.07) is 18.0. The Kier molecular flexibility index (Phi) is 12.3. The molecular weight excluding hydrogens is 528 g/mol. The van der Waals surface area contributed by atoms with E-state index in [1.54, 1.807) is 54.7 Å². The predicted octanol–water partition coefficient (Wildman–Crippen LogP) is 5.17. The molecule has 0 aliphatic rings. The molecule has 10 heteroatoms. The van der Waals surface area contributed by atoms with Gasteiger partial charge < -0.3 is 29.3 Å². The van der Waals surface area contributed by atoms with Crippen LogP contribution in [-0.4, -0.2) is 68.8 Å². The van der Waals surface area contributed by atoms with Gasteiger partial charge in [0.25, 0.3) is 0 Å². The van der Waals surface area contributed by atoms with E-state index in [0.29, 0.717) is 68.4 Å². The quantitative estimate of drug-likeness (QED) is 0.256. The van der Waals surface area contributed by atoms with E-state index >= 15 is 0 Å². The second-order valence-corrected chi connectivity index (χ2v) is 9.96. The number of ether oxygens (including phenoxy) is 3. The predicted molar refractivity (Wildman–Crippen MR) is 156 cm³/mol. The molecule has 1 N–H and O–H groups in total. The van der Waals surface area contributed by atoms with Crippen LogP contribution >= 0.6 is 11.3 Å². The van der Waals surface area contributed by atoms with Gasteiger partial charge in [-0.1, -0.05) is 18.2 Å². The lowest BCUT2D eigenvalue weighted by Crippen LogP contribution is -2.45. The Hall–Kier alpha value is -4.07. The van der Waals surface area contributed by atoms with Crippen molar-refractivity contribution in [1.82, 2.24) is 9.80 Å². The molecule has 0 saturated heterocycles. The molecule has 0 fully saturated rings. The van der Waals surface area contributed by atoms with Gasteiger partial charge in [-0.3, -0.25) is 4.79 Å². The molecule has 212 valence electrons. The normalized spacial score (nSPS) is 10.4. The molecule has 0 atom stereocenters. The molecule has 3 aromatic rings. The highest BCUT2D eigenvalue weighted by atomic mass is 32.1. The van der Waals surface area contributed by atoms with Crippen molar-refractivity contribution in [2.45, 2.75) is 26.3 Å².